The van der Waals surface area contributed by atoms with E-state index in [1.54, 1.807) is 6.07 Å². The first kappa shape index (κ1) is 12.2. The number of hydrogen-bond acceptors (Lipinski definition) is 1. The van der Waals surface area contributed by atoms with Gasteiger partial charge in [-0.3, -0.25) is 0 Å². The summed E-state index contributed by atoms with van der Waals surface area (Å²) in [5.41, 5.74) is 0.924. The number of fused-ring (bicyclic) bond motifs is 1. The second-order valence-electron chi connectivity index (χ2n) is 4.13. The topological polar surface area (TPSA) is 20.2 Å². The summed E-state index contributed by atoms with van der Waals surface area (Å²) in [6.45, 7) is 1.87. The van der Waals surface area contributed by atoms with Crippen LogP contribution in [-0.4, -0.2) is 5.11 Å². The van der Waals surface area contributed by atoms with E-state index < -0.39 is 0 Å². The minimum absolute atomic E-state index is 0.368. The summed E-state index contributed by atoms with van der Waals surface area (Å²) in [6.07, 6.45) is 0. The molecular weight excluding hydrogens is 220 g/mol. The zero-order chi connectivity index (χ0) is 12.8. The Morgan fingerprint density at radius 2 is 1.00 bits per heavy atom. The van der Waals surface area contributed by atoms with Gasteiger partial charge in [0.1, 0.15) is 5.75 Å². The molecule has 0 aliphatic heterocycles. The Morgan fingerprint density at radius 1 is 0.611 bits per heavy atom. The molecule has 3 rings (SSSR count). The smallest absolute Gasteiger partial charge is 0.118 e. The fourth-order valence-corrected chi connectivity index (χ4v) is 1.70. The van der Waals surface area contributed by atoms with Crippen molar-refractivity contribution >= 4 is 10.8 Å². The number of phenolic OH excluding ortho intramolecular Hbond substituents is 1. The molecule has 0 bridgehead atoms. The lowest BCUT2D eigenvalue weighted by molar-refractivity contribution is 0.471. The van der Waals surface area contributed by atoms with E-state index in [2.05, 4.69) is 48.5 Å². The average Bonchev–Trinajstić information content (AvgIpc) is 2.43. The highest BCUT2D eigenvalue weighted by Gasteiger charge is 1.87. The van der Waals surface area contributed by atoms with Crippen molar-refractivity contribution in [2.45, 2.75) is 6.92 Å². The molecule has 0 spiro atoms. The van der Waals surface area contributed by atoms with Crippen LogP contribution in [-0.2, 0) is 0 Å². The van der Waals surface area contributed by atoms with Gasteiger partial charge in [0.25, 0.3) is 0 Å². The fraction of sp³-hybridized carbons (Fsp3) is 0.0588. The quantitative estimate of drug-likeness (QED) is 0.607. The Bertz CT molecular complexity index is 543. The minimum atomic E-state index is 0.368. The van der Waals surface area contributed by atoms with E-state index >= 15 is 0 Å². The second kappa shape index (κ2) is 5.87. The van der Waals surface area contributed by atoms with Crippen molar-refractivity contribution in [1.82, 2.24) is 0 Å². The van der Waals surface area contributed by atoms with Gasteiger partial charge >= 0.3 is 0 Å². The Kier molecular flexibility index (Phi) is 3.98. The molecule has 3 aromatic rings. The van der Waals surface area contributed by atoms with E-state index in [1.807, 2.05) is 25.1 Å². The van der Waals surface area contributed by atoms with E-state index in [1.165, 1.54) is 10.8 Å². The van der Waals surface area contributed by atoms with E-state index in [0.717, 1.165) is 5.56 Å². The number of hydrogen-bond donors (Lipinski definition) is 1. The molecule has 3 aromatic carbocycles. The first-order chi connectivity index (χ1) is 8.77. The third-order valence-corrected chi connectivity index (χ3v) is 2.77. The van der Waals surface area contributed by atoms with Crippen molar-refractivity contribution in [3.63, 3.8) is 0 Å². The molecule has 0 atom stereocenters. The minimum Gasteiger partial charge on any atom is -0.508 e. The summed E-state index contributed by atoms with van der Waals surface area (Å²) in [5.74, 6) is 0.368. The largest absolute Gasteiger partial charge is 0.508 e. The zero-order valence-corrected chi connectivity index (χ0v) is 10.4. The molecule has 0 saturated carbocycles. The predicted molar refractivity (Wildman–Crippen MR) is 76.8 cm³/mol. The van der Waals surface area contributed by atoms with Crippen molar-refractivity contribution in [3.8, 4) is 5.75 Å². The first-order valence-corrected chi connectivity index (χ1v) is 5.96. The molecule has 1 nitrogen and oxygen atoms in total. The number of phenols is 1. The summed E-state index contributed by atoms with van der Waals surface area (Å²) in [5, 5.41) is 11.5. The van der Waals surface area contributed by atoms with Gasteiger partial charge in [-0.15, -0.1) is 0 Å². The van der Waals surface area contributed by atoms with E-state index in [0.29, 0.717) is 5.75 Å². The molecule has 0 amide bonds. The maximum atomic E-state index is 8.92. The third-order valence-electron chi connectivity index (χ3n) is 2.77. The first-order valence-electron chi connectivity index (χ1n) is 5.96. The number of aromatic hydroxyl groups is 1. The van der Waals surface area contributed by atoms with Crippen LogP contribution in [0.2, 0.25) is 0 Å². The van der Waals surface area contributed by atoms with Crippen molar-refractivity contribution in [2.75, 3.05) is 0 Å². The van der Waals surface area contributed by atoms with Gasteiger partial charge in [-0.25, -0.2) is 0 Å². The SMILES string of the molecule is Cc1ccccc1O.c1ccc2ccccc2c1. The second-order valence-corrected chi connectivity index (χ2v) is 4.13. The summed E-state index contributed by atoms with van der Waals surface area (Å²) in [6, 6.07) is 24.0. The van der Waals surface area contributed by atoms with Crippen LogP contribution < -0.4 is 0 Å². The van der Waals surface area contributed by atoms with Crippen molar-refractivity contribution in [2.24, 2.45) is 0 Å². The van der Waals surface area contributed by atoms with Gasteiger partial charge in [0, 0.05) is 0 Å². The molecule has 1 heteroatoms. The molecule has 18 heavy (non-hydrogen) atoms. The van der Waals surface area contributed by atoms with Crippen LogP contribution in [0.3, 0.4) is 0 Å². The summed E-state index contributed by atoms with van der Waals surface area (Å²) >= 11 is 0. The van der Waals surface area contributed by atoms with E-state index in [9.17, 15) is 0 Å². The monoisotopic (exact) mass is 236 g/mol. The summed E-state index contributed by atoms with van der Waals surface area (Å²) in [4.78, 5) is 0. The normalized spacial score (nSPS) is 9.61. The van der Waals surface area contributed by atoms with Crippen LogP contribution >= 0.6 is 0 Å². The van der Waals surface area contributed by atoms with Crippen molar-refractivity contribution in [3.05, 3.63) is 78.4 Å². The van der Waals surface area contributed by atoms with Gasteiger partial charge in [0.05, 0.1) is 0 Å². The Balaban J connectivity index is 0.000000138. The fourth-order valence-electron chi connectivity index (χ4n) is 1.70. The van der Waals surface area contributed by atoms with Crippen LogP contribution in [0.25, 0.3) is 10.8 Å². The third kappa shape index (κ3) is 3.11. The lowest BCUT2D eigenvalue weighted by atomic mass is 10.1. The van der Waals surface area contributed by atoms with Gasteiger partial charge in [-0.1, -0.05) is 66.7 Å². The van der Waals surface area contributed by atoms with Crippen LogP contribution in [0.5, 0.6) is 5.75 Å². The molecule has 90 valence electrons. The molecule has 0 aromatic heterocycles. The van der Waals surface area contributed by atoms with Crippen LogP contribution in [0.15, 0.2) is 72.8 Å². The van der Waals surface area contributed by atoms with Gasteiger partial charge in [-0.05, 0) is 29.3 Å². The standard InChI is InChI=1S/C10H8.C7H8O/c1-2-6-10-8-4-3-7-9(10)5-1;1-6-4-2-3-5-7(6)8/h1-8H;2-5,8H,1H3. The Morgan fingerprint density at radius 3 is 1.33 bits per heavy atom. The number of aryl methyl sites for hydroxylation is 1. The molecule has 0 saturated heterocycles. The van der Waals surface area contributed by atoms with Gasteiger partial charge in [0.15, 0.2) is 0 Å². The Labute approximate surface area is 107 Å². The number of para-hydroxylation sites is 1. The molecule has 0 fully saturated rings. The highest BCUT2D eigenvalue weighted by Crippen LogP contribution is 2.12. The molecule has 0 unspecified atom stereocenters. The molecule has 0 radical (unpaired) electrons. The lowest BCUT2D eigenvalue weighted by Gasteiger charge is -1.92. The van der Waals surface area contributed by atoms with Gasteiger partial charge in [-0.2, -0.15) is 0 Å². The number of benzene rings is 3. The van der Waals surface area contributed by atoms with Gasteiger partial charge < -0.3 is 5.11 Å². The maximum absolute atomic E-state index is 8.92. The molecule has 0 aliphatic carbocycles. The highest BCUT2D eigenvalue weighted by molar-refractivity contribution is 5.81. The van der Waals surface area contributed by atoms with Crippen LogP contribution in [0.4, 0.5) is 0 Å². The highest BCUT2D eigenvalue weighted by atomic mass is 16.3. The molecule has 0 aliphatic rings. The van der Waals surface area contributed by atoms with E-state index in [-0.39, 0.29) is 0 Å². The average molecular weight is 236 g/mol. The lowest BCUT2D eigenvalue weighted by Crippen LogP contribution is -1.68. The van der Waals surface area contributed by atoms with Gasteiger partial charge in [0.2, 0.25) is 0 Å². The van der Waals surface area contributed by atoms with E-state index in [4.69, 9.17) is 5.11 Å². The van der Waals surface area contributed by atoms with Crippen LogP contribution in [0, 0.1) is 6.92 Å². The predicted octanol–water partition coefficient (Wildman–Crippen LogP) is 4.54. The van der Waals surface area contributed by atoms with Crippen molar-refractivity contribution < 1.29 is 5.11 Å². The van der Waals surface area contributed by atoms with Crippen molar-refractivity contribution in [1.29, 1.82) is 0 Å². The Hall–Kier alpha value is -2.28. The zero-order valence-electron chi connectivity index (χ0n) is 10.4. The van der Waals surface area contributed by atoms with Crippen LogP contribution in [0.1, 0.15) is 5.56 Å². The summed E-state index contributed by atoms with van der Waals surface area (Å²) in [7, 11) is 0. The molecule has 1 N–H and O–H groups in total. The summed E-state index contributed by atoms with van der Waals surface area (Å²) < 4.78 is 0. The molecular formula is C17H16O. The number of rotatable bonds is 0. The maximum Gasteiger partial charge on any atom is 0.118 e. The molecule has 0 heterocycles.